The van der Waals surface area contributed by atoms with Crippen LogP contribution in [0.5, 0.6) is 11.5 Å². The molecule has 29 heavy (non-hydrogen) atoms. The highest BCUT2D eigenvalue weighted by Gasteiger charge is 2.11. The topological polar surface area (TPSA) is 84.0 Å². The van der Waals surface area contributed by atoms with Crippen molar-refractivity contribution < 1.29 is 14.3 Å². The molecule has 154 valence electrons. The Labute approximate surface area is 175 Å². The van der Waals surface area contributed by atoms with Crippen LogP contribution >= 0.6 is 11.6 Å². The Kier molecular flexibility index (Phi) is 7.58. The number of nitrogens with zero attached hydrogens (tertiary/aromatic N) is 1. The first-order valence-corrected chi connectivity index (χ1v) is 10.0. The molecule has 0 aliphatic carbocycles. The molecule has 0 fully saturated rings. The summed E-state index contributed by atoms with van der Waals surface area (Å²) >= 11 is 6.05. The second-order valence-electron chi connectivity index (χ2n) is 6.33. The van der Waals surface area contributed by atoms with Gasteiger partial charge < -0.3 is 25.4 Å². The third kappa shape index (κ3) is 6.02. The molecule has 3 rings (SSSR count). The third-order valence-electron chi connectivity index (χ3n) is 4.14. The number of nitrogens with one attached hydrogen (secondary N) is 3. The molecular formula is C21H25ClN4O3. The van der Waals surface area contributed by atoms with Crippen molar-refractivity contribution in [3.05, 3.63) is 53.1 Å². The Balaban J connectivity index is 1.56. The van der Waals surface area contributed by atoms with Crippen LogP contribution in [0.25, 0.3) is 0 Å². The molecule has 1 aliphatic heterocycles. The van der Waals surface area contributed by atoms with Crippen LogP contribution in [-0.4, -0.2) is 44.7 Å². The van der Waals surface area contributed by atoms with Crippen LogP contribution in [0, 0.1) is 0 Å². The molecule has 3 N–H and O–H groups in total. The van der Waals surface area contributed by atoms with Crippen LogP contribution in [-0.2, 0) is 0 Å². The van der Waals surface area contributed by atoms with Gasteiger partial charge in [0, 0.05) is 31.3 Å². The zero-order chi connectivity index (χ0) is 20.5. The monoisotopic (exact) mass is 416 g/mol. The summed E-state index contributed by atoms with van der Waals surface area (Å²) in [5.41, 5.74) is 1.30. The first-order chi connectivity index (χ1) is 14.2. The van der Waals surface area contributed by atoms with Crippen molar-refractivity contribution in [3.8, 4) is 11.5 Å². The number of rotatable bonds is 6. The summed E-state index contributed by atoms with van der Waals surface area (Å²) in [6, 6.07) is 12.6. The van der Waals surface area contributed by atoms with E-state index in [0.717, 1.165) is 23.6 Å². The van der Waals surface area contributed by atoms with Gasteiger partial charge in [-0.05, 0) is 31.2 Å². The van der Waals surface area contributed by atoms with Crippen LogP contribution in [0.4, 0.5) is 5.69 Å². The van der Waals surface area contributed by atoms with E-state index >= 15 is 0 Å². The molecule has 0 bridgehead atoms. The second-order valence-corrected chi connectivity index (χ2v) is 6.74. The van der Waals surface area contributed by atoms with Crippen molar-refractivity contribution in [3.63, 3.8) is 0 Å². The van der Waals surface area contributed by atoms with Gasteiger partial charge in [-0.15, -0.1) is 0 Å². The number of anilines is 1. The Morgan fingerprint density at radius 3 is 2.69 bits per heavy atom. The maximum absolute atomic E-state index is 12.2. The predicted molar refractivity (Wildman–Crippen MR) is 115 cm³/mol. The molecule has 1 amide bonds. The summed E-state index contributed by atoms with van der Waals surface area (Å²) in [6.45, 7) is 4.80. The number of carbonyl (C=O) groups is 1. The minimum atomic E-state index is -0.216. The first kappa shape index (κ1) is 20.8. The number of hydrogen-bond donors (Lipinski definition) is 3. The fourth-order valence-electron chi connectivity index (χ4n) is 2.76. The van der Waals surface area contributed by atoms with E-state index in [1.807, 2.05) is 25.1 Å². The van der Waals surface area contributed by atoms with Gasteiger partial charge in [-0.1, -0.05) is 23.7 Å². The number of hydrogen-bond acceptors (Lipinski definition) is 4. The summed E-state index contributed by atoms with van der Waals surface area (Å²) in [5.74, 6) is 1.87. The van der Waals surface area contributed by atoms with Gasteiger partial charge in [-0.2, -0.15) is 0 Å². The number of benzene rings is 2. The van der Waals surface area contributed by atoms with E-state index in [1.54, 1.807) is 24.3 Å². The van der Waals surface area contributed by atoms with Gasteiger partial charge in [0.05, 0.1) is 30.3 Å². The average molecular weight is 417 g/mol. The summed E-state index contributed by atoms with van der Waals surface area (Å²) in [5, 5.41) is 9.69. The molecular weight excluding hydrogens is 392 g/mol. The smallest absolute Gasteiger partial charge is 0.252 e. The molecule has 0 radical (unpaired) electrons. The fraction of sp³-hybridized carbons (Fsp3) is 0.333. The number of guanidine groups is 1. The van der Waals surface area contributed by atoms with E-state index in [1.165, 1.54) is 0 Å². The summed E-state index contributed by atoms with van der Waals surface area (Å²) < 4.78 is 11.4. The standard InChI is InChI=1S/C21H25ClN4O3/c1-2-23-21(25-11-10-24-20(27)16-6-3-4-7-17(16)22)26-15-8-9-18-19(14-15)29-13-5-12-28-18/h3-4,6-9,14H,2,5,10-13H2,1H3,(H,24,27)(H2,23,25,26). The van der Waals surface area contributed by atoms with Crippen LogP contribution in [0.1, 0.15) is 23.7 Å². The molecule has 1 heterocycles. The molecule has 1 aliphatic rings. The zero-order valence-electron chi connectivity index (χ0n) is 16.3. The molecule has 0 saturated heterocycles. The highest BCUT2D eigenvalue weighted by molar-refractivity contribution is 6.33. The van der Waals surface area contributed by atoms with Gasteiger partial charge in [0.1, 0.15) is 0 Å². The molecule has 2 aromatic carbocycles. The van der Waals surface area contributed by atoms with E-state index in [2.05, 4.69) is 20.9 Å². The number of halogens is 1. The van der Waals surface area contributed by atoms with Gasteiger partial charge in [-0.25, -0.2) is 0 Å². The SMILES string of the molecule is CCNC(=NCCNC(=O)c1ccccc1Cl)Nc1ccc2c(c1)OCCCO2. The van der Waals surface area contributed by atoms with Gasteiger partial charge >= 0.3 is 0 Å². The summed E-state index contributed by atoms with van der Waals surface area (Å²) in [7, 11) is 0. The Morgan fingerprint density at radius 1 is 1.10 bits per heavy atom. The lowest BCUT2D eigenvalue weighted by molar-refractivity contribution is 0.0955. The molecule has 0 saturated carbocycles. The highest BCUT2D eigenvalue weighted by Crippen LogP contribution is 2.32. The van der Waals surface area contributed by atoms with Gasteiger partial charge in [0.25, 0.3) is 5.91 Å². The first-order valence-electron chi connectivity index (χ1n) is 9.65. The average Bonchev–Trinajstić information content (AvgIpc) is 2.96. The Morgan fingerprint density at radius 2 is 1.90 bits per heavy atom. The fourth-order valence-corrected chi connectivity index (χ4v) is 2.98. The minimum Gasteiger partial charge on any atom is -0.490 e. The second kappa shape index (κ2) is 10.6. The van der Waals surface area contributed by atoms with Gasteiger partial charge in [-0.3, -0.25) is 9.79 Å². The maximum atomic E-state index is 12.2. The molecule has 2 aromatic rings. The van der Waals surface area contributed by atoms with Crippen molar-refractivity contribution in [2.75, 3.05) is 38.2 Å². The molecule has 8 heteroatoms. The minimum absolute atomic E-state index is 0.216. The Hall–Kier alpha value is -2.93. The maximum Gasteiger partial charge on any atom is 0.252 e. The van der Waals surface area contributed by atoms with Crippen LogP contribution in [0.2, 0.25) is 5.02 Å². The van der Waals surface area contributed by atoms with Crippen molar-refractivity contribution in [1.29, 1.82) is 0 Å². The molecule has 0 atom stereocenters. The number of fused-ring (bicyclic) bond motifs is 1. The lowest BCUT2D eigenvalue weighted by Gasteiger charge is -2.14. The van der Waals surface area contributed by atoms with E-state index < -0.39 is 0 Å². The van der Waals surface area contributed by atoms with Gasteiger partial charge in [0.2, 0.25) is 0 Å². The quantitative estimate of drug-likeness (QED) is 0.382. The highest BCUT2D eigenvalue weighted by atomic mass is 35.5. The van der Waals surface area contributed by atoms with E-state index in [0.29, 0.717) is 49.4 Å². The van der Waals surface area contributed by atoms with E-state index in [-0.39, 0.29) is 5.91 Å². The van der Waals surface area contributed by atoms with Crippen molar-refractivity contribution in [2.24, 2.45) is 4.99 Å². The number of aliphatic imine (C=N–C) groups is 1. The predicted octanol–water partition coefficient (Wildman–Crippen LogP) is 3.31. The third-order valence-corrected chi connectivity index (χ3v) is 4.47. The van der Waals surface area contributed by atoms with Gasteiger partial charge in [0.15, 0.2) is 17.5 Å². The summed E-state index contributed by atoms with van der Waals surface area (Å²) in [6.07, 6.45) is 0.863. The molecule has 0 spiro atoms. The van der Waals surface area contributed by atoms with Crippen LogP contribution < -0.4 is 25.4 Å². The number of ether oxygens (including phenoxy) is 2. The lowest BCUT2D eigenvalue weighted by Crippen LogP contribution is -2.32. The van der Waals surface area contributed by atoms with Crippen molar-refractivity contribution >= 4 is 29.2 Å². The van der Waals surface area contributed by atoms with E-state index in [9.17, 15) is 4.79 Å². The number of amides is 1. The van der Waals surface area contributed by atoms with Crippen LogP contribution in [0.15, 0.2) is 47.5 Å². The largest absolute Gasteiger partial charge is 0.490 e. The molecule has 0 aromatic heterocycles. The molecule has 7 nitrogen and oxygen atoms in total. The van der Waals surface area contributed by atoms with Crippen molar-refractivity contribution in [2.45, 2.75) is 13.3 Å². The van der Waals surface area contributed by atoms with E-state index in [4.69, 9.17) is 21.1 Å². The Bertz CT molecular complexity index is 873. The normalized spacial score (nSPS) is 13.4. The summed E-state index contributed by atoms with van der Waals surface area (Å²) in [4.78, 5) is 16.7. The van der Waals surface area contributed by atoms with Crippen LogP contribution in [0.3, 0.4) is 0 Å². The van der Waals surface area contributed by atoms with Crippen molar-refractivity contribution in [1.82, 2.24) is 10.6 Å². The number of carbonyl (C=O) groups excluding carboxylic acids is 1. The zero-order valence-corrected chi connectivity index (χ0v) is 17.1. The molecule has 0 unspecified atom stereocenters. The lowest BCUT2D eigenvalue weighted by atomic mass is 10.2.